The zero-order valence-corrected chi connectivity index (χ0v) is 8.71. The third-order valence-electron chi connectivity index (χ3n) is 2.21. The summed E-state index contributed by atoms with van der Waals surface area (Å²) in [6.45, 7) is 3.52. The summed E-state index contributed by atoms with van der Waals surface area (Å²) in [7, 11) is 0. The first kappa shape index (κ1) is 10.2. The molecule has 0 fully saturated rings. The van der Waals surface area contributed by atoms with Gasteiger partial charge in [-0.2, -0.15) is 5.10 Å². The first-order valence-electron chi connectivity index (χ1n) is 4.50. The van der Waals surface area contributed by atoms with Crippen molar-refractivity contribution in [3.05, 3.63) is 27.3 Å². The van der Waals surface area contributed by atoms with Crippen LogP contribution in [-0.4, -0.2) is 35.3 Å². The van der Waals surface area contributed by atoms with Crippen molar-refractivity contribution >= 4 is 5.69 Å². The summed E-state index contributed by atoms with van der Waals surface area (Å²) < 4.78 is 1.50. The molecule has 0 aliphatic carbocycles. The Labute approximate surface area is 89.6 Å². The predicted molar refractivity (Wildman–Crippen MR) is 51.6 cm³/mol. The first-order valence-corrected chi connectivity index (χ1v) is 4.50. The van der Waals surface area contributed by atoms with E-state index in [2.05, 4.69) is 25.7 Å². The van der Waals surface area contributed by atoms with Gasteiger partial charge in [-0.15, -0.1) is 5.10 Å². The number of nitro groups is 1. The zero-order chi connectivity index (χ0) is 11.7. The second kappa shape index (κ2) is 3.68. The molecule has 0 aliphatic rings. The van der Waals surface area contributed by atoms with Gasteiger partial charge >= 0.3 is 5.69 Å². The molecule has 0 unspecified atom stereocenters. The quantitative estimate of drug-likeness (QED) is 0.577. The molecule has 0 saturated heterocycles. The number of hydrogen-bond donors (Lipinski definition) is 1. The van der Waals surface area contributed by atoms with Crippen molar-refractivity contribution in [2.45, 2.75) is 20.4 Å². The normalized spacial score (nSPS) is 10.6. The summed E-state index contributed by atoms with van der Waals surface area (Å²) in [5.74, 6) is 0.500. The molecule has 84 valence electrons. The fourth-order valence-electron chi connectivity index (χ4n) is 1.49. The van der Waals surface area contributed by atoms with Crippen molar-refractivity contribution in [2.24, 2.45) is 0 Å². The highest BCUT2D eigenvalue weighted by atomic mass is 16.6. The fraction of sp³-hybridized carbons (Fsp3) is 0.429. The highest BCUT2D eigenvalue weighted by Crippen LogP contribution is 2.21. The molecular weight excluding hydrogens is 214 g/mol. The van der Waals surface area contributed by atoms with E-state index < -0.39 is 4.92 Å². The van der Waals surface area contributed by atoms with Crippen LogP contribution >= 0.6 is 0 Å². The second-order valence-corrected chi connectivity index (χ2v) is 3.28. The zero-order valence-electron chi connectivity index (χ0n) is 8.71. The van der Waals surface area contributed by atoms with E-state index in [1.54, 1.807) is 13.8 Å². The van der Waals surface area contributed by atoms with Gasteiger partial charge in [-0.05, 0) is 24.3 Å². The summed E-state index contributed by atoms with van der Waals surface area (Å²) >= 11 is 0. The summed E-state index contributed by atoms with van der Waals surface area (Å²) in [5.41, 5.74) is 0.904. The van der Waals surface area contributed by atoms with Crippen molar-refractivity contribution in [3.8, 4) is 0 Å². The summed E-state index contributed by atoms with van der Waals surface area (Å²) in [6, 6.07) is 0. The molecule has 2 rings (SSSR count). The Hall–Kier alpha value is -2.32. The Morgan fingerprint density at radius 1 is 1.50 bits per heavy atom. The molecule has 0 aliphatic heterocycles. The lowest BCUT2D eigenvalue weighted by atomic mass is 10.3. The second-order valence-electron chi connectivity index (χ2n) is 3.28. The summed E-state index contributed by atoms with van der Waals surface area (Å²) in [6.07, 6.45) is 0. The number of aromatic amines is 1. The maximum Gasteiger partial charge on any atom is 0.312 e. The number of nitrogens with zero attached hydrogens (tertiary/aromatic N) is 6. The lowest BCUT2D eigenvalue weighted by Gasteiger charge is -1.98. The largest absolute Gasteiger partial charge is 0.312 e. The molecule has 0 aromatic carbocycles. The van der Waals surface area contributed by atoms with Gasteiger partial charge < -0.3 is 0 Å². The number of tetrazole rings is 1. The fourth-order valence-corrected chi connectivity index (χ4v) is 1.49. The van der Waals surface area contributed by atoms with E-state index >= 15 is 0 Å². The van der Waals surface area contributed by atoms with Crippen LogP contribution in [0.1, 0.15) is 17.2 Å². The molecule has 0 bridgehead atoms. The Morgan fingerprint density at radius 2 is 2.25 bits per heavy atom. The van der Waals surface area contributed by atoms with Crippen molar-refractivity contribution < 1.29 is 4.92 Å². The lowest BCUT2D eigenvalue weighted by Crippen LogP contribution is -2.06. The monoisotopic (exact) mass is 223 g/mol. The van der Waals surface area contributed by atoms with Crippen LogP contribution < -0.4 is 0 Å². The Kier molecular flexibility index (Phi) is 2.35. The molecule has 9 heteroatoms. The summed E-state index contributed by atoms with van der Waals surface area (Å²) in [5, 5.41) is 27.9. The number of H-pyrrole nitrogens is 1. The van der Waals surface area contributed by atoms with Crippen molar-refractivity contribution in [3.63, 3.8) is 0 Å². The number of aromatic nitrogens is 6. The molecule has 0 radical (unpaired) electrons. The molecule has 2 aromatic heterocycles. The molecule has 16 heavy (non-hydrogen) atoms. The van der Waals surface area contributed by atoms with E-state index in [-0.39, 0.29) is 12.2 Å². The average Bonchev–Trinajstić information content (AvgIpc) is 2.76. The summed E-state index contributed by atoms with van der Waals surface area (Å²) in [4.78, 5) is 10.3. The SMILES string of the molecule is Cc1nn(Cc2nnn[nH]2)c(C)c1[N+](=O)[O-]. The number of rotatable bonds is 3. The van der Waals surface area contributed by atoms with E-state index in [9.17, 15) is 10.1 Å². The highest BCUT2D eigenvalue weighted by molar-refractivity contribution is 5.39. The number of hydrogen-bond acceptors (Lipinski definition) is 6. The van der Waals surface area contributed by atoms with Crippen LogP contribution in [0.25, 0.3) is 0 Å². The van der Waals surface area contributed by atoms with Crippen LogP contribution in [0.4, 0.5) is 5.69 Å². The van der Waals surface area contributed by atoms with Gasteiger partial charge in [0.25, 0.3) is 0 Å². The molecule has 1 N–H and O–H groups in total. The minimum absolute atomic E-state index is 0.0347. The van der Waals surface area contributed by atoms with Gasteiger partial charge in [0.2, 0.25) is 0 Å². The standard InChI is InChI=1S/C7H9N7O2/c1-4-7(14(15)16)5(2)13(10-4)3-6-8-11-12-9-6/h3H2,1-2H3,(H,8,9,11,12). The van der Waals surface area contributed by atoms with Crippen LogP contribution in [-0.2, 0) is 6.54 Å². The molecule has 2 heterocycles. The molecule has 0 spiro atoms. The van der Waals surface area contributed by atoms with Gasteiger partial charge in [-0.25, -0.2) is 5.10 Å². The van der Waals surface area contributed by atoms with Crippen molar-refractivity contribution in [1.82, 2.24) is 30.4 Å². The minimum Gasteiger partial charge on any atom is -0.258 e. The predicted octanol–water partition coefficient (Wildman–Crippen LogP) is -0.0305. The Balaban J connectivity index is 2.36. The molecule has 0 saturated carbocycles. The topological polar surface area (TPSA) is 115 Å². The molecule has 0 atom stereocenters. The van der Waals surface area contributed by atoms with E-state index in [4.69, 9.17) is 0 Å². The number of nitrogens with one attached hydrogen (secondary N) is 1. The van der Waals surface area contributed by atoms with Crippen LogP contribution in [0.2, 0.25) is 0 Å². The Bertz CT molecular complexity index is 515. The molecule has 2 aromatic rings. The number of aryl methyl sites for hydroxylation is 1. The third-order valence-corrected chi connectivity index (χ3v) is 2.21. The van der Waals surface area contributed by atoms with E-state index in [1.165, 1.54) is 4.68 Å². The van der Waals surface area contributed by atoms with Crippen LogP contribution in [0, 0.1) is 24.0 Å². The smallest absolute Gasteiger partial charge is 0.258 e. The molecule has 9 nitrogen and oxygen atoms in total. The van der Waals surface area contributed by atoms with E-state index in [0.717, 1.165) is 0 Å². The molecule has 0 amide bonds. The van der Waals surface area contributed by atoms with Gasteiger partial charge in [0, 0.05) is 0 Å². The van der Waals surface area contributed by atoms with Gasteiger partial charge in [0.05, 0.1) is 4.92 Å². The van der Waals surface area contributed by atoms with Crippen LogP contribution in [0.15, 0.2) is 0 Å². The van der Waals surface area contributed by atoms with Crippen molar-refractivity contribution in [2.75, 3.05) is 0 Å². The molecular formula is C7H9N7O2. The van der Waals surface area contributed by atoms with Crippen LogP contribution in [0.5, 0.6) is 0 Å². The van der Waals surface area contributed by atoms with Gasteiger partial charge in [0.1, 0.15) is 17.9 Å². The van der Waals surface area contributed by atoms with E-state index in [0.29, 0.717) is 17.2 Å². The maximum atomic E-state index is 10.8. The van der Waals surface area contributed by atoms with Crippen LogP contribution in [0.3, 0.4) is 0 Å². The van der Waals surface area contributed by atoms with Crippen molar-refractivity contribution in [1.29, 1.82) is 0 Å². The average molecular weight is 223 g/mol. The minimum atomic E-state index is -0.438. The van der Waals surface area contributed by atoms with Gasteiger partial charge in [-0.1, -0.05) is 0 Å². The van der Waals surface area contributed by atoms with Gasteiger partial charge in [0.15, 0.2) is 5.82 Å². The third kappa shape index (κ3) is 1.62. The lowest BCUT2D eigenvalue weighted by molar-refractivity contribution is -0.386. The first-order chi connectivity index (χ1) is 7.59. The van der Waals surface area contributed by atoms with Gasteiger partial charge in [-0.3, -0.25) is 14.8 Å². The maximum absolute atomic E-state index is 10.8. The Morgan fingerprint density at radius 3 is 2.75 bits per heavy atom. The highest BCUT2D eigenvalue weighted by Gasteiger charge is 2.22. The van der Waals surface area contributed by atoms with E-state index in [1.807, 2.05) is 0 Å².